The first kappa shape index (κ1) is 29.1. The summed E-state index contributed by atoms with van der Waals surface area (Å²) in [4.78, 5) is 35.7. The molecule has 2 aromatic rings. The molecule has 0 bridgehead atoms. The summed E-state index contributed by atoms with van der Waals surface area (Å²) < 4.78 is 36.4. The number of aliphatic hydroxyl groups excluding tert-OH is 2. The van der Waals surface area contributed by atoms with Crippen LogP contribution < -0.4 is 10.6 Å². The van der Waals surface area contributed by atoms with E-state index in [1.807, 2.05) is 0 Å². The van der Waals surface area contributed by atoms with Crippen LogP contribution >= 0.6 is 0 Å². The molecule has 0 aliphatic rings. The fraction of sp³-hybridized carbons (Fsp3) is 0.296. The van der Waals surface area contributed by atoms with Crippen molar-refractivity contribution in [3.05, 3.63) is 65.2 Å². The van der Waals surface area contributed by atoms with E-state index in [9.17, 15) is 32.7 Å². The maximum Gasteiger partial charge on any atom is 0.389 e. The van der Waals surface area contributed by atoms with Crippen LogP contribution in [0, 0.1) is 23.7 Å². The van der Waals surface area contributed by atoms with Crippen molar-refractivity contribution in [1.82, 2.24) is 5.32 Å². The monoisotopic (exact) mass is 514 g/mol. The van der Waals surface area contributed by atoms with E-state index < -0.39 is 48.9 Å². The molecule has 194 valence electrons. The van der Waals surface area contributed by atoms with Gasteiger partial charge < -0.3 is 20.8 Å². The topological polar surface area (TPSA) is 116 Å². The highest BCUT2D eigenvalue weighted by Crippen LogP contribution is 2.22. The number of Topliss-reactive ketones (excluding diaryl/α,β-unsaturated/α-hetero) is 1. The Kier molecular flexibility index (Phi) is 10.9. The standard InChI is InChI=1S/C27H25F3N2O5/c1-18(34)25(23(35)17-33)32-26(37)21-12-8-19(9-13-21)5-2-3-6-20-10-14-22(15-11-20)31-24(36)7-4-16-27(28,29)30/h8-15,18,25,33-34H,4,7,16-17H2,1H3,(H,31,36)(H,32,37)/t18-,25+/m1/s1. The van der Waals surface area contributed by atoms with Crippen LogP contribution in [0.1, 0.15) is 47.7 Å². The van der Waals surface area contributed by atoms with Gasteiger partial charge in [-0.05, 0) is 73.7 Å². The van der Waals surface area contributed by atoms with Gasteiger partial charge in [0.05, 0.1) is 6.10 Å². The first-order chi connectivity index (χ1) is 17.5. The van der Waals surface area contributed by atoms with Crippen molar-refractivity contribution >= 4 is 23.3 Å². The third-order valence-electron chi connectivity index (χ3n) is 4.93. The quantitative estimate of drug-likeness (QED) is 0.384. The lowest BCUT2D eigenvalue weighted by atomic mass is 10.1. The summed E-state index contributed by atoms with van der Waals surface area (Å²) in [5.74, 6) is 9.19. The number of carbonyl (C=O) groups excluding carboxylic acids is 3. The van der Waals surface area contributed by atoms with Crippen LogP contribution in [0.15, 0.2) is 48.5 Å². The third-order valence-corrected chi connectivity index (χ3v) is 4.93. The molecule has 2 amide bonds. The van der Waals surface area contributed by atoms with Gasteiger partial charge in [0.25, 0.3) is 5.91 Å². The Labute approximate surface area is 212 Å². The van der Waals surface area contributed by atoms with Gasteiger partial charge in [-0.2, -0.15) is 13.2 Å². The van der Waals surface area contributed by atoms with E-state index in [2.05, 4.69) is 34.3 Å². The van der Waals surface area contributed by atoms with Crippen LogP contribution in [0.25, 0.3) is 0 Å². The van der Waals surface area contributed by atoms with E-state index in [4.69, 9.17) is 5.11 Å². The van der Waals surface area contributed by atoms with E-state index in [1.54, 1.807) is 36.4 Å². The predicted molar refractivity (Wildman–Crippen MR) is 130 cm³/mol. The molecule has 2 aromatic carbocycles. The van der Waals surface area contributed by atoms with Gasteiger partial charge in [-0.1, -0.05) is 11.8 Å². The fourth-order valence-electron chi connectivity index (χ4n) is 3.01. The zero-order chi connectivity index (χ0) is 27.4. The zero-order valence-electron chi connectivity index (χ0n) is 19.9. The van der Waals surface area contributed by atoms with Crippen LogP contribution in [0.4, 0.5) is 18.9 Å². The van der Waals surface area contributed by atoms with Crippen LogP contribution in [-0.2, 0) is 9.59 Å². The van der Waals surface area contributed by atoms with E-state index in [1.165, 1.54) is 19.1 Å². The minimum Gasteiger partial charge on any atom is -0.391 e. The summed E-state index contributed by atoms with van der Waals surface area (Å²) in [5, 5.41) is 23.5. The largest absolute Gasteiger partial charge is 0.391 e. The molecule has 0 aliphatic heterocycles. The number of benzene rings is 2. The number of carbonyl (C=O) groups is 3. The van der Waals surface area contributed by atoms with Crippen molar-refractivity contribution in [2.24, 2.45) is 0 Å². The molecule has 0 heterocycles. The van der Waals surface area contributed by atoms with E-state index in [-0.39, 0.29) is 18.4 Å². The second-order valence-electron chi connectivity index (χ2n) is 7.99. The van der Waals surface area contributed by atoms with Crippen molar-refractivity contribution in [2.45, 2.75) is 44.5 Å². The molecule has 0 fully saturated rings. The average Bonchev–Trinajstić information content (AvgIpc) is 2.85. The molecule has 7 nitrogen and oxygen atoms in total. The lowest BCUT2D eigenvalue weighted by Gasteiger charge is -2.19. The maximum atomic E-state index is 12.3. The Bertz CT molecular complexity index is 1220. The second kappa shape index (κ2) is 13.8. The number of amides is 2. The highest BCUT2D eigenvalue weighted by atomic mass is 19.4. The highest BCUT2D eigenvalue weighted by Gasteiger charge is 2.26. The Hall–Kier alpha value is -4.12. The molecular weight excluding hydrogens is 489 g/mol. The molecule has 0 radical (unpaired) electrons. The van der Waals surface area contributed by atoms with Crippen molar-refractivity contribution in [3.8, 4) is 23.7 Å². The van der Waals surface area contributed by atoms with Crippen molar-refractivity contribution < 1.29 is 37.8 Å². The Morgan fingerprint density at radius 2 is 1.49 bits per heavy atom. The fourth-order valence-corrected chi connectivity index (χ4v) is 3.01. The lowest BCUT2D eigenvalue weighted by molar-refractivity contribution is -0.136. The number of ketones is 1. The molecule has 0 saturated heterocycles. The summed E-state index contributed by atoms with van der Waals surface area (Å²) in [6.07, 6.45) is -6.96. The molecule has 2 rings (SSSR count). The van der Waals surface area contributed by atoms with Crippen molar-refractivity contribution in [3.63, 3.8) is 0 Å². The van der Waals surface area contributed by atoms with Crippen LogP contribution in [0.2, 0.25) is 0 Å². The SMILES string of the molecule is C[C@@H](O)[C@H](NC(=O)c1ccc(C#CC#Cc2ccc(NC(=O)CCCC(F)(F)F)cc2)cc1)C(=O)CO. The number of hydrogen-bond acceptors (Lipinski definition) is 5. The number of hydrogen-bond donors (Lipinski definition) is 4. The molecule has 4 N–H and O–H groups in total. The van der Waals surface area contributed by atoms with Gasteiger partial charge in [-0.3, -0.25) is 14.4 Å². The molecule has 0 unspecified atom stereocenters. The average molecular weight is 515 g/mol. The lowest BCUT2D eigenvalue weighted by Crippen LogP contribution is -2.48. The van der Waals surface area contributed by atoms with Gasteiger partial charge in [0.15, 0.2) is 5.78 Å². The Morgan fingerprint density at radius 1 is 0.946 bits per heavy atom. The zero-order valence-corrected chi connectivity index (χ0v) is 19.9. The molecule has 0 aromatic heterocycles. The van der Waals surface area contributed by atoms with Gasteiger partial charge in [0, 0.05) is 35.2 Å². The molecule has 0 saturated carbocycles. The molecular formula is C27H25F3N2O5. The summed E-state index contributed by atoms with van der Waals surface area (Å²) in [6.45, 7) is 0.525. The minimum atomic E-state index is -4.28. The van der Waals surface area contributed by atoms with Gasteiger partial charge in [-0.25, -0.2) is 0 Å². The molecule has 2 atom stereocenters. The van der Waals surface area contributed by atoms with Crippen LogP contribution in [0.3, 0.4) is 0 Å². The maximum absolute atomic E-state index is 12.3. The normalized spacial score (nSPS) is 12.2. The van der Waals surface area contributed by atoms with Gasteiger partial charge in [-0.15, -0.1) is 0 Å². The van der Waals surface area contributed by atoms with Gasteiger partial charge in [0.2, 0.25) is 5.91 Å². The number of aliphatic hydroxyl groups is 2. The summed E-state index contributed by atoms with van der Waals surface area (Å²) in [7, 11) is 0. The smallest absolute Gasteiger partial charge is 0.389 e. The summed E-state index contributed by atoms with van der Waals surface area (Å²) >= 11 is 0. The summed E-state index contributed by atoms with van der Waals surface area (Å²) in [5.41, 5.74) is 1.87. The minimum absolute atomic E-state index is 0.228. The number of halogens is 3. The van der Waals surface area contributed by atoms with Crippen LogP contribution in [-0.4, -0.2) is 52.7 Å². The predicted octanol–water partition coefficient (Wildman–Crippen LogP) is 2.80. The van der Waals surface area contributed by atoms with Crippen molar-refractivity contribution in [2.75, 3.05) is 11.9 Å². The number of nitrogens with one attached hydrogen (secondary N) is 2. The van der Waals surface area contributed by atoms with Gasteiger partial charge in [0.1, 0.15) is 12.6 Å². The van der Waals surface area contributed by atoms with E-state index >= 15 is 0 Å². The number of anilines is 1. The summed E-state index contributed by atoms with van der Waals surface area (Å²) in [6, 6.07) is 11.4. The molecule has 0 spiro atoms. The van der Waals surface area contributed by atoms with E-state index in [0.29, 0.717) is 16.8 Å². The molecule has 37 heavy (non-hydrogen) atoms. The van der Waals surface area contributed by atoms with E-state index in [0.717, 1.165) is 0 Å². The van der Waals surface area contributed by atoms with Gasteiger partial charge >= 0.3 is 6.18 Å². The Balaban J connectivity index is 1.90. The molecule has 10 heteroatoms. The Morgan fingerprint density at radius 3 is 1.97 bits per heavy atom. The third kappa shape index (κ3) is 10.6. The second-order valence-corrected chi connectivity index (χ2v) is 7.99. The number of alkyl halides is 3. The first-order valence-corrected chi connectivity index (χ1v) is 11.2. The first-order valence-electron chi connectivity index (χ1n) is 11.2. The molecule has 0 aliphatic carbocycles. The van der Waals surface area contributed by atoms with Crippen molar-refractivity contribution in [1.29, 1.82) is 0 Å². The highest BCUT2D eigenvalue weighted by molar-refractivity contribution is 5.98. The number of rotatable bonds is 9. The van der Waals surface area contributed by atoms with Crippen LogP contribution in [0.5, 0.6) is 0 Å².